The van der Waals surface area contributed by atoms with E-state index in [0.717, 1.165) is 24.3 Å². The fraction of sp³-hybridized carbons (Fsp3) is 0.368. The fourth-order valence-corrected chi connectivity index (χ4v) is 4.01. The number of fused-ring (bicyclic) bond motifs is 2. The number of pyridine rings is 1. The number of anilines is 1. The monoisotopic (exact) mass is 380 g/mol. The second kappa shape index (κ2) is 6.36. The minimum Gasteiger partial charge on any atom is -0.476 e. The first-order chi connectivity index (χ1) is 13.6. The Morgan fingerprint density at radius 3 is 2.71 bits per heavy atom. The molecule has 2 aliphatic heterocycles. The number of hydrogen-bond donors (Lipinski definition) is 1. The molecule has 3 aromatic heterocycles. The van der Waals surface area contributed by atoms with Crippen molar-refractivity contribution in [3.8, 4) is 0 Å². The Kier molecular flexibility index (Phi) is 3.81. The van der Waals surface area contributed by atoms with Crippen LogP contribution < -0.4 is 4.90 Å². The number of amides is 1. The van der Waals surface area contributed by atoms with Crippen LogP contribution in [-0.4, -0.2) is 60.7 Å². The van der Waals surface area contributed by atoms with Gasteiger partial charge in [0.05, 0.1) is 23.8 Å². The van der Waals surface area contributed by atoms with Crippen LogP contribution in [0.2, 0.25) is 0 Å². The summed E-state index contributed by atoms with van der Waals surface area (Å²) in [7, 11) is 0. The van der Waals surface area contributed by atoms with E-state index in [9.17, 15) is 9.59 Å². The van der Waals surface area contributed by atoms with Crippen LogP contribution >= 0.6 is 0 Å². The van der Waals surface area contributed by atoms with E-state index in [1.54, 1.807) is 20.2 Å². The van der Waals surface area contributed by atoms with Gasteiger partial charge in [0.25, 0.3) is 5.91 Å². The third kappa shape index (κ3) is 2.70. The van der Waals surface area contributed by atoms with Crippen LogP contribution in [0.15, 0.2) is 30.7 Å². The summed E-state index contributed by atoms with van der Waals surface area (Å²) < 4.78 is 3.52. The first-order valence-electron chi connectivity index (χ1n) is 9.41. The molecule has 3 aromatic rings. The Labute approximate surface area is 160 Å². The second-order valence-electron chi connectivity index (χ2n) is 7.23. The van der Waals surface area contributed by atoms with Crippen molar-refractivity contribution in [2.24, 2.45) is 0 Å². The van der Waals surface area contributed by atoms with Gasteiger partial charge in [0, 0.05) is 44.3 Å². The number of carbonyl (C=O) groups is 2. The number of rotatable bonds is 3. The summed E-state index contributed by atoms with van der Waals surface area (Å²) in [5, 5.41) is 13.4. The molecule has 144 valence electrons. The molecular formula is C19H20N6O3. The van der Waals surface area contributed by atoms with Crippen LogP contribution in [0.3, 0.4) is 0 Å². The molecule has 5 rings (SSSR count). The molecule has 0 spiro atoms. The van der Waals surface area contributed by atoms with Gasteiger partial charge < -0.3 is 19.5 Å². The van der Waals surface area contributed by atoms with Crippen molar-refractivity contribution < 1.29 is 14.7 Å². The molecule has 0 saturated carbocycles. The average molecular weight is 380 g/mol. The number of imidazole rings is 1. The lowest BCUT2D eigenvalue weighted by atomic mass is 10.2. The molecule has 1 amide bonds. The van der Waals surface area contributed by atoms with Crippen molar-refractivity contribution in [2.45, 2.75) is 25.9 Å². The van der Waals surface area contributed by atoms with Gasteiger partial charge in [0.2, 0.25) is 0 Å². The van der Waals surface area contributed by atoms with E-state index in [-0.39, 0.29) is 18.1 Å². The van der Waals surface area contributed by atoms with E-state index in [0.29, 0.717) is 24.5 Å². The quantitative estimate of drug-likeness (QED) is 0.740. The van der Waals surface area contributed by atoms with Crippen molar-refractivity contribution in [3.05, 3.63) is 47.8 Å². The van der Waals surface area contributed by atoms with Crippen molar-refractivity contribution >= 4 is 23.1 Å². The van der Waals surface area contributed by atoms with Crippen LogP contribution in [0.1, 0.15) is 39.5 Å². The lowest BCUT2D eigenvalue weighted by Gasteiger charge is -2.27. The predicted molar refractivity (Wildman–Crippen MR) is 101 cm³/mol. The van der Waals surface area contributed by atoms with Gasteiger partial charge in [-0.2, -0.15) is 5.10 Å². The summed E-state index contributed by atoms with van der Waals surface area (Å²) >= 11 is 0. The number of aromatic carboxylic acids is 1. The summed E-state index contributed by atoms with van der Waals surface area (Å²) in [5.41, 5.74) is 2.46. The summed E-state index contributed by atoms with van der Waals surface area (Å²) in [5.74, 6) is -0.581. The predicted octanol–water partition coefficient (Wildman–Crippen LogP) is 1.49. The molecule has 0 aliphatic carbocycles. The molecule has 0 unspecified atom stereocenters. The maximum atomic E-state index is 13.2. The maximum Gasteiger partial charge on any atom is 0.356 e. The Morgan fingerprint density at radius 1 is 1.11 bits per heavy atom. The van der Waals surface area contributed by atoms with E-state index < -0.39 is 5.97 Å². The van der Waals surface area contributed by atoms with E-state index in [1.165, 1.54) is 19.0 Å². The van der Waals surface area contributed by atoms with Gasteiger partial charge in [-0.25, -0.2) is 14.3 Å². The fourth-order valence-electron chi connectivity index (χ4n) is 4.01. The Hall–Kier alpha value is -3.36. The average Bonchev–Trinajstić information content (AvgIpc) is 3.45. The zero-order chi connectivity index (χ0) is 19.3. The Balaban J connectivity index is 1.44. The zero-order valence-corrected chi connectivity index (χ0v) is 15.3. The van der Waals surface area contributed by atoms with E-state index in [1.807, 2.05) is 18.3 Å². The molecule has 0 radical (unpaired) electrons. The number of carboxylic acids is 1. The molecule has 28 heavy (non-hydrogen) atoms. The first-order valence-corrected chi connectivity index (χ1v) is 9.41. The molecule has 9 heteroatoms. The number of nitrogens with zero attached hydrogens (tertiary/aromatic N) is 6. The van der Waals surface area contributed by atoms with Crippen molar-refractivity contribution in [1.82, 2.24) is 24.1 Å². The highest BCUT2D eigenvalue weighted by Gasteiger charge is 2.27. The molecule has 2 aliphatic rings. The Morgan fingerprint density at radius 2 is 1.93 bits per heavy atom. The van der Waals surface area contributed by atoms with E-state index in [2.05, 4.69) is 15.0 Å². The molecule has 1 saturated heterocycles. The third-order valence-electron chi connectivity index (χ3n) is 5.52. The molecular weight excluding hydrogens is 360 g/mol. The molecule has 5 heterocycles. The van der Waals surface area contributed by atoms with Crippen LogP contribution in [-0.2, 0) is 13.1 Å². The SMILES string of the molecule is O=C(O)c1cn2c(n1)CN(C(=O)c1cnn3ccc(N4CCCC4)cc13)CC2. The summed E-state index contributed by atoms with van der Waals surface area (Å²) in [4.78, 5) is 32.5. The van der Waals surface area contributed by atoms with Gasteiger partial charge in [-0.3, -0.25) is 4.79 Å². The lowest BCUT2D eigenvalue weighted by molar-refractivity contribution is 0.0689. The lowest BCUT2D eigenvalue weighted by Crippen LogP contribution is -2.38. The number of hydrogen-bond acceptors (Lipinski definition) is 5. The van der Waals surface area contributed by atoms with Gasteiger partial charge in [-0.15, -0.1) is 0 Å². The molecule has 0 aromatic carbocycles. The van der Waals surface area contributed by atoms with Crippen LogP contribution in [0.4, 0.5) is 5.69 Å². The highest BCUT2D eigenvalue weighted by atomic mass is 16.4. The minimum atomic E-state index is -1.06. The second-order valence-corrected chi connectivity index (χ2v) is 7.23. The van der Waals surface area contributed by atoms with Gasteiger partial charge >= 0.3 is 5.97 Å². The van der Waals surface area contributed by atoms with Crippen molar-refractivity contribution in [2.75, 3.05) is 24.5 Å². The number of carboxylic acid groups (broad SMARTS) is 1. The van der Waals surface area contributed by atoms with Gasteiger partial charge in [0.15, 0.2) is 5.69 Å². The minimum absolute atomic E-state index is 0.00976. The Bertz CT molecular complexity index is 1080. The summed E-state index contributed by atoms with van der Waals surface area (Å²) in [6, 6.07) is 4.06. The molecule has 0 bridgehead atoms. The topological polar surface area (TPSA) is 96.0 Å². The van der Waals surface area contributed by atoms with Crippen molar-refractivity contribution in [3.63, 3.8) is 0 Å². The standard InChI is InChI=1S/C19H20N6O3/c26-18(24-8-7-23-11-15(19(27)28)21-17(23)12-24)14-10-20-25-6-3-13(9-16(14)25)22-4-1-2-5-22/h3,6,9-11H,1-2,4-5,7-8,12H2,(H,27,28). The highest BCUT2D eigenvalue weighted by molar-refractivity contribution is 6.01. The zero-order valence-electron chi connectivity index (χ0n) is 15.3. The van der Waals surface area contributed by atoms with Crippen molar-refractivity contribution in [1.29, 1.82) is 0 Å². The van der Waals surface area contributed by atoms with Crippen LogP contribution in [0.5, 0.6) is 0 Å². The van der Waals surface area contributed by atoms with E-state index >= 15 is 0 Å². The third-order valence-corrected chi connectivity index (χ3v) is 5.52. The van der Waals surface area contributed by atoms with E-state index in [4.69, 9.17) is 5.11 Å². The van der Waals surface area contributed by atoms with Crippen LogP contribution in [0.25, 0.3) is 5.52 Å². The maximum absolute atomic E-state index is 13.2. The molecule has 1 N–H and O–H groups in total. The first kappa shape index (κ1) is 16.8. The largest absolute Gasteiger partial charge is 0.476 e. The van der Waals surface area contributed by atoms with Crippen LogP contribution in [0, 0.1) is 0 Å². The van der Waals surface area contributed by atoms with Gasteiger partial charge in [-0.05, 0) is 25.0 Å². The highest BCUT2D eigenvalue weighted by Crippen LogP contribution is 2.24. The summed E-state index contributed by atoms with van der Waals surface area (Å²) in [6.07, 6.45) is 7.40. The number of aromatic nitrogens is 4. The molecule has 9 nitrogen and oxygen atoms in total. The van der Waals surface area contributed by atoms with Gasteiger partial charge in [-0.1, -0.05) is 0 Å². The number of carbonyl (C=O) groups excluding carboxylic acids is 1. The normalized spacial score (nSPS) is 16.6. The molecule has 1 fully saturated rings. The summed E-state index contributed by atoms with van der Waals surface area (Å²) in [6.45, 7) is 3.39. The van der Waals surface area contributed by atoms with Gasteiger partial charge in [0.1, 0.15) is 5.82 Å². The smallest absolute Gasteiger partial charge is 0.356 e. The molecule has 0 atom stereocenters.